The molecule has 23 heavy (non-hydrogen) atoms. The predicted molar refractivity (Wildman–Crippen MR) is 84.3 cm³/mol. The van der Waals surface area contributed by atoms with E-state index in [2.05, 4.69) is 4.76 Å². The minimum absolute atomic E-state index is 0.0560. The molecule has 2 rings (SSSR count). The minimum Gasteiger partial charge on any atom is -0.511 e. The number of hydrogen-bond donors (Lipinski definition) is 4. The van der Waals surface area contributed by atoms with Crippen molar-refractivity contribution in [2.75, 3.05) is 0 Å². The zero-order chi connectivity index (χ0) is 17.2. The summed E-state index contributed by atoms with van der Waals surface area (Å²) in [4.78, 5) is 30.6. The second-order valence-corrected chi connectivity index (χ2v) is 6.36. The van der Waals surface area contributed by atoms with Crippen LogP contribution in [0.2, 0.25) is 0 Å². The van der Waals surface area contributed by atoms with E-state index in [1.54, 1.807) is 19.1 Å². The van der Waals surface area contributed by atoms with Crippen LogP contribution in [0.15, 0.2) is 53.0 Å². The van der Waals surface area contributed by atoms with E-state index >= 15 is 0 Å². The van der Waals surface area contributed by atoms with Crippen LogP contribution in [0.3, 0.4) is 0 Å². The van der Waals surface area contributed by atoms with Gasteiger partial charge in [-0.15, -0.1) is 0 Å². The highest BCUT2D eigenvalue weighted by molar-refractivity contribution is 7.50. The van der Waals surface area contributed by atoms with Gasteiger partial charge in [-0.25, -0.2) is 4.57 Å². The lowest BCUT2D eigenvalue weighted by molar-refractivity contribution is -0.121. The topological polar surface area (TPSA) is 127 Å². The van der Waals surface area contributed by atoms with Gasteiger partial charge in [0.15, 0.2) is 5.78 Å². The quantitative estimate of drug-likeness (QED) is 0.624. The zero-order valence-corrected chi connectivity index (χ0v) is 13.1. The summed E-state index contributed by atoms with van der Waals surface area (Å²) >= 11 is 0. The largest absolute Gasteiger partial charge is 0.511 e. The summed E-state index contributed by atoms with van der Waals surface area (Å²) in [6.45, 7) is 1.61. The number of nitrogens with zero attached hydrogens (tertiary/aromatic N) is 1. The molecule has 0 radical (unpaired) electrons. The fourth-order valence-electron chi connectivity index (χ4n) is 2.30. The fraction of sp³-hybridized carbons (Fsp3) is 0.200. The van der Waals surface area contributed by atoms with Crippen LogP contribution >= 0.6 is 7.75 Å². The van der Waals surface area contributed by atoms with E-state index in [9.17, 15) is 19.6 Å². The van der Waals surface area contributed by atoms with Crippen molar-refractivity contribution in [2.45, 2.75) is 12.8 Å². The van der Waals surface area contributed by atoms with Crippen molar-refractivity contribution < 1.29 is 29.4 Å². The van der Waals surface area contributed by atoms with Crippen molar-refractivity contribution in [3.63, 3.8) is 0 Å². The molecule has 2 atom stereocenters. The van der Waals surface area contributed by atoms with Gasteiger partial charge < -0.3 is 20.0 Å². The standard InChI is InChI=1S/C15H16NO6P/c1-9(10-5-7-11(17)8-6-10)15(19)14-12(16-23(20,21)22)3-2-4-13(14)18/h2-9,14,17-18H,1H3,(H2,20,21,22). The predicted octanol–water partition coefficient (Wildman–Crippen LogP) is 2.23. The number of aliphatic hydroxyl groups excluding tert-OH is 1. The average molecular weight is 337 g/mol. The number of allylic oxidation sites excluding steroid dienone is 4. The molecule has 0 aliphatic heterocycles. The lowest BCUT2D eigenvalue weighted by atomic mass is 9.83. The van der Waals surface area contributed by atoms with Crippen LogP contribution < -0.4 is 0 Å². The van der Waals surface area contributed by atoms with Gasteiger partial charge in [-0.05, 0) is 29.8 Å². The summed E-state index contributed by atoms with van der Waals surface area (Å²) in [6, 6.07) is 5.99. The Morgan fingerprint density at radius 1 is 1.22 bits per heavy atom. The maximum absolute atomic E-state index is 12.7. The number of Topliss-reactive ketones (excluding diaryl/α,β-unsaturated/α-hetero) is 1. The van der Waals surface area contributed by atoms with Crippen LogP contribution in [-0.4, -0.2) is 31.5 Å². The molecule has 0 fully saturated rings. The molecule has 7 nitrogen and oxygen atoms in total. The van der Waals surface area contributed by atoms with Crippen molar-refractivity contribution in [3.05, 3.63) is 53.8 Å². The van der Waals surface area contributed by atoms with Crippen molar-refractivity contribution in [1.82, 2.24) is 0 Å². The first kappa shape index (κ1) is 17.1. The Morgan fingerprint density at radius 2 is 1.83 bits per heavy atom. The first-order valence-electron chi connectivity index (χ1n) is 6.74. The Hall–Kier alpha value is -2.21. The Morgan fingerprint density at radius 3 is 2.39 bits per heavy atom. The molecule has 1 aliphatic carbocycles. The van der Waals surface area contributed by atoms with Crippen LogP contribution in [-0.2, 0) is 9.36 Å². The monoisotopic (exact) mass is 337 g/mol. The second kappa shape index (κ2) is 6.50. The first-order valence-corrected chi connectivity index (χ1v) is 8.31. The van der Waals surface area contributed by atoms with Crippen LogP contribution in [0.5, 0.6) is 5.75 Å². The average Bonchev–Trinajstić information content (AvgIpc) is 2.45. The summed E-state index contributed by atoms with van der Waals surface area (Å²) < 4.78 is 14.3. The molecule has 4 N–H and O–H groups in total. The Labute approximate surface area is 132 Å². The number of benzene rings is 1. The summed E-state index contributed by atoms with van der Waals surface area (Å²) in [5.74, 6) is -2.63. The van der Waals surface area contributed by atoms with E-state index in [0.29, 0.717) is 5.56 Å². The molecule has 0 heterocycles. The molecule has 0 bridgehead atoms. The summed E-state index contributed by atoms with van der Waals surface area (Å²) in [5.41, 5.74) is 0.416. The molecule has 0 spiro atoms. The molecule has 0 saturated carbocycles. The van der Waals surface area contributed by atoms with E-state index in [1.807, 2.05) is 0 Å². The molecule has 1 aliphatic rings. The number of rotatable bonds is 4. The molecule has 2 unspecified atom stereocenters. The van der Waals surface area contributed by atoms with E-state index in [0.717, 1.165) is 0 Å². The molecular formula is C15H16NO6P. The second-order valence-electron chi connectivity index (χ2n) is 5.14. The SMILES string of the molecule is CC(C(=O)C1C(O)=CC=CC1=NP(=O)(O)O)c1ccc(O)cc1. The normalized spacial score (nSPS) is 21.1. The maximum Gasteiger partial charge on any atom is 0.448 e. The number of aliphatic hydroxyl groups is 1. The Balaban J connectivity index is 2.36. The lowest BCUT2D eigenvalue weighted by Crippen LogP contribution is -2.30. The van der Waals surface area contributed by atoms with Crippen LogP contribution in [0.25, 0.3) is 0 Å². The maximum atomic E-state index is 12.7. The van der Waals surface area contributed by atoms with Crippen molar-refractivity contribution in [3.8, 4) is 5.75 Å². The number of ketones is 1. The van der Waals surface area contributed by atoms with E-state index in [1.165, 1.54) is 30.4 Å². The van der Waals surface area contributed by atoms with E-state index < -0.39 is 25.4 Å². The summed E-state index contributed by atoms with van der Waals surface area (Å²) in [6.07, 6.45) is 3.93. The number of phenols is 1. The number of aromatic hydroxyl groups is 1. The molecule has 8 heteroatoms. The summed E-state index contributed by atoms with van der Waals surface area (Å²) in [5, 5.41) is 19.3. The molecular weight excluding hydrogens is 321 g/mol. The molecule has 1 aromatic rings. The lowest BCUT2D eigenvalue weighted by Gasteiger charge is -2.22. The van der Waals surface area contributed by atoms with Gasteiger partial charge in [-0.2, -0.15) is 4.76 Å². The number of carbonyl (C=O) groups is 1. The van der Waals surface area contributed by atoms with Crippen molar-refractivity contribution >= 4 is 19.2 Å². The molecule has 122 valence electrons. The van der Waals surface area contributed by atoms with Crippen molar-refractivity contribution in [1.29, 1.82) is 0 Å². The molecule has 1 aromatic carbocycles. The van der Waals surface area contributed by atoms with Crippen LogP contribution in [0.4, 0.5) is 0 Å². The van der Waals surface area contributed by atoms with Gasteiger partial charge in [0.25, 0.3) is 0 Å². The van der Waals surface area contributed by atoms with Crippen LogP contribution in [0, 0.1) is 5.92 Å². The Bertz CT molecular complexity index is 744. The number of hydrogen-bond acceptors (Lipinski definition) is 4. The molecule has 0 saturated heterocycles. The van der Waals surface area contributed by atoms with Gasteiger partial charge in [-0.1, -0.05) is 25.1 Å². The van der Waals surface area contributed by atoms with Gasteiger partial charge in [0.1, 0.15) is 17.4 Å². The van der Waals surface area contributed by atoms with E-state index in [-0.39, 0.29) is 17.2 Å². The van der Waals surface area contributed by atoms with Gasteiger partial charge in [0, 0.05) is 5.92 Å². The fourth-order valence-corrected chi connectivity index (χ4v) is 2.78. The highest BCUT2D eigenvalue weighted by Gasteiger charge is 2.34. The molecule has 0 aromatic heterocycles. The van der Waals surface area contributed by atoms with Gasteiger partial charge in [-0.3, -0.25) is 4.79 Å². The number of carbonyl (C=O) groups excluding carboxylic acids is 1. The highest BCUT2D eigenvalue weighted by Crippen LogP contribution is 2.39. The highest BCUT2D eigenvalue weighted by atomic mass is 31.2. The first-order chi connectivity index (χ1) is 10.7. The van der Waals surface area contributed by atoms with E-state index in [4.69, 9.17) is 9.79 Å². The number of phenolic OH excluding ortho intramolecular Hbond substituents is 1. The third kappa shape index (κ3) is 4.16. The van der Waals surface area contributed by atoms with Crippen LogP contribution in [0.1, 0.15) is 18.4 Å². The Kier molecular flexibility index (Phi) is 4.85. The van der Waals surface area contributed by atoms with Crippen molar-refractivity contribution in [2.24, 2.45) is 10.7 Å². The molecule has 0 amide bonds. The minimum atomic E-state index is -4.73. The third-order valence-electron chi connectivity index (χ3n) is 3.48. The van der Waals surface area contributed by atoms with Gasteiger partial charge in [0.05, 0.1) is 5.71 Å². The van der Waals surface area contributed by atoms with Gasteiger partial charge >= 0.3 is 7.75 Å². The smallest absolute Gasteiger partial charge is 0.448 e. The summed E-state index contributed by atoms with van der Waals surface area (Å²) in [7, 11) is -4.73. The third-order valence-corrected chi connectivity index (χ3v) is 3.97. The zero-order valence-electron chi connectivity index (χ0n) is 12.2. The van der Waals surface area contributed by atoms with Gasteiger partial charge in [0.2, 0.25) is 0 Å².